The van der Waals surface area contributed by atoms with Crippen LogP contribution in [0, 0.1) is 6.92 Å². The molecule has 4 aromatic rings. The van der Waals surface area contributed by atoms with Crippen LogP contribution in [0.15, 0.2) is 48.9 Å². The Balaban J connectivity index is 1.57. The first-order valence-electron chi connectivity index (χ1n) is 11.4. The molecule has 0 N–H and O–H groups in total. The first kappa shape index (κ1) is 19.2. The van der Waals surface area contributed by atoms with Gasteiger partial charge in [-0.25, -0.2) is 9.97 Å². The van der Waals surface area contributed by atoms with E-state index in [1.807, 2.05) is 42.1 Å². The Morgan fingerprint density at radius 3 is 2.72 bits per heavy atom. The molecule has 2 aliphatic heterocycles. The van der Waals surface area contributed by atoms with Crippen LogP contribution in [0.1, 0.15) is 51.2 Å². The number of anilines is 1. The van der Waals surface area contributed by atoms with E-state index in [-0.39, 0.29) is 5.54 Å². The molecule has 2 atom stereocenters. The molecule has 1 fully saturated rings. The van der Waals surface area contributed by atoms with Gasteiger partial charge in [-0.1, -0.05) is 44.2 Å². The summed E-state index contributed by atoms with van der Waals surface area (Å²) >= 11 is 0. The molecule has 5 heterocycles. The van der Waals surface area contributed by atoms with Crippen molar-refractivity contribution in [3.05, 3.63) is 60.6 Å². The second-order valence-corrected chi connectivity index (χ2v) is 8.63. The van der Waals surface area contributed by atoms with Crippen LogP contribution in [0.5, 0.6) is 0 Å². The van der Waals surface area contributed by atoms with Crippen molar-refractivity contribution < 1.29 is 0 Å². The molecule has 1 aromatic carbocycles. The molecule has 0 unspecified atom stereocenters. The highest BCUT2D eigenvalue weighted by Gasteiger charge is 2.53. The van der Waals surface area contributed by atoms with Crippen LogP contribution in [0.2, 0.25) is 0 Å². The molecule has 8 nitrogen and oxygen atoms in total. The fraction of sp³-hybridized carbons (Fsp3) is 0.375. The van der Waals surface area contributed by atoms with Crippen molar-refractivity contribution in [3.63, 3.8) is 0 Å². The van der Waals surface area contributed by atoms with Gasteiger partial charge in [0.15, 0.2) is 11.6 Å². The molecular weight excluding hydrogens is 400 g/mol. The van der Waals surface area contributed by atoms with Gasteiger partial charge in [-0.15, -0.1) is 10.2 Å². The minimum Gasteiger partial charge on any atom is -0.339 e. The molecule has 3 aromatic heterocycles. The number of aromatic nitrogens is 7. The summed E-state index contributed by atoms with van der Waals surface area (Å²) in [7, 11) is 0. The summed E-state index contributed by atoms with van der Waals surface area (Å²) in [6.07, 6.45) is 9.84. The molecule has 32 heavy (non-hydrogen) atoms. The number of rotatable bonds is 4. The van der Waals surface area contributed by atoms with Gasteiger partial charge in [-0.2, -0.15) is 4.98 Å². The molecule has 8 heteroatoms. The zero-order valence-corrected chi connectivity index (χ0v) is 18.6. The van der Waals surface area contributed by atoms with E-state index >= 15 is 0 Å². The third-order valence-corrected chi connectivity index (χ3v) is 7.11. The van der Waals surface area contributed by atoms with Crippen molar-refractivity contribution >= 4 is 5.82 Å². The lowest BCUT2D eigenvalue weighted by molar-refractivity contribution is 0.370. The number of hydrogen-bond acceptors (Lipinski definition) is 6. The molecule has 0 aliphatic carbocycles. The topological polar surface area (TPSA) is 77.5 Å². The highest BCUT2D eigenvalue weighted by Crippen LogP contribution is 2.52. The summed E-state index contributed by atoms with van der Waals surface area (Å²) in [5.74, 6) is 4.31. The monoisotopic (exact) mass is 426 g/mol. The molecule has 0 bridgehead atoms. The first-order chi connectivity index (χ1) is 15.7. The maximum absolute atomic E-state index is 5.16. The standard InChI is InChI=1S/C24H26N8/c1-4-18-11-12-24(5-2)22-29-28-16(3)31(22)19-15-26-23(27-21(19)32(18)24)30-14-13-25-20(30)17-9-7-6-8-10-17/h6-10,13-15,18H,4-5,11-12H2,1-3H3/t18-,24+/m1/s1. The van der Waals surface area contributed by atoms with Crippen molar-refractivity contribution in [1.29, 1.82) is 0 Å². The maximum atomic E-state index is 5.16. The molecule has 1 saturated heterocycles. The van der Waals surface area contributed by atoms with E-state index in [1.165, 1.54) is 0 Å². The van der Waals surface area contributed by atoms with Crippen molar-refractivity contribution in [1.82, 2.24) is 34.3 Å². The quantitative estimate of drug-likeness (QED) is 0.486. The van der Waals surface area contributed by atoms with Gasteiger partial charge >= 0.3 is 0 Å². The Bertz CT molecular complexity index is 1290. The maximum Gasteiger partial charge on any atom is 0.237 e. The van der Waals surface area contributed by atoms with E-state index in [9.17, 15) is 0 Å². The van der Waals surface area contributed by atoms with Crippen LogP contribution >= 0.6 is 0 Å². The summed E-state index contributed by atoms with van der Waals surface area (Å²) in [4.78, 5) is 17.0. The van der Waals surface area contributed by atoms with Gasteiger partial charge in [-0.05, 0) is 32.6 Å². The Labute approximate surface area is 187 Å². The van der Waals surface area contributed by atoms with Crippen LogP contribution in [-0.2, 0) is 5.54 Å². The van der Waals surface area contributed by atoms with Crippen molar-refractivity contribution in [2.24, 2.45) is 0 Å². The summed E-state index contributed by atoms with van der Waals surface area (Å²) in [5.41, 5.74) is 1.81. The van der Waals surface area contributed by atoms with Gasteiger partial charge in [0, 0.05) is 24.0 Å². The van der Waals surface area contributed by atoms with Crippen LogP contribution in [0.4, 0.5) is 5.82 Å². The van der Waals surface area contributed by atoms with Gasteiger partial charge in [-0.3, -0.25) is 9.13 Å². The lowest BCUT2D eigenvalue weighted by atomic mass is 9.90. The Morgan fingerprint density at radius 1 is 1.09 bits per heavy atom. The smallest absolute Gasteiger partial charge is 0.237 e. The van der Waals surface area contributed by atoms with E-state index in [0.29, 0.717) is 12.0 Å². The zero-order valence-electron chi connectivity index (χ0n) is 18.6. The van der Waals surface area contributed by atoms with Crippen molar-refractivity contribution in [3.8, 4) is 23.0 Å². The normalized spacial score (nSPS) is 21.3. The SMILES string of the molecule is CC[C@@H]1CC[C@@]2(CC)c3nnc(C)n3-c3cnc(-n4ccnc4-c4ccccc4)nc3N12. The van der Waals surface area contributed by atoms with Crippen LogP contribution in [0.25, 0.3) is 23.0 Å². The van der Waals surface area contributed by atoms with Gasteiger partial charge in [0.2, 0.25) is 5.95 Å². The summed E-state index contributed by atoms with van der Waals surface area (Å²) < 4.78 is 4.12. The summed E-state index contributed by atoms with van der Waals surface area (Å²) in [6.45, 7) is 6.50. The fourth-order valence-electron chi connectivity index (χ4n) is 5.52. The zero-order chi connectivity index (χ0) is 21.9. The first-order valence-corrected chi connectivity index (χ1v) is 11.4. The molecule has 0 spiro atoms. The number of fused-ring (bicyclic) bond motifs is 6. The van der Waals surface area contributed by atoms with E-state index < -0.39 is 0 Å². The highest BCUT2D eigenvalue weighted by molar-refractivity contribution is 5.66. The summed E-state index contributed by atoms with van der Waals surface area (Å²) in [6, 6.07) is 10.6. The highest BCUT2D eigenvalue weighted by atomic mass is 15.4. The lowest BCUT2D eigenvalue weighted by Gasteiger charge is -2.44. The average Bonchev–Trinajstić information content (AvgIpc) is 3.56. The Hall–Kier alpha value is -3.55. The molecule has 0 amide bonds. The molecule has 0 saturated carbocycles. The third kappa shape index (κ3) is 2.46. The van der Waals surface area contributed by atoms with E-state index in [0.717, 1.165) is 60.2 Å². The Morgan fingerprint density at radius 2 is 1.94 bits per heavy atom. The largest absolute Gasteiger partial charge is 0.339 e. The molecule has 162 valence electrons. The van der Waals surface area contributed by atoms with E-state index in [4.69, 9.17) is 9.97 Å². The van der Waals surface area contributed by atoms with Crippen LogP contribution in [-0.4, -0.2) is 40.3 Å². The van der Waals surface area contributed by atoms with E-state index in [1.54, 1.807) is 6.20 Å². The van der Waals surface area contributed by atoms with Crippen LogP contribution < -0.4 is 4.90 Å². The molecular formula is C24H26N8. The number of aryl methyl sites for hydroxylation is 1. The lowest BCUT2D eigenvalue weighted by Crippen LogP contribution is -2.50. The third-order valence-electron chi connectivity index (χ3n) is 7.11. The fourth-order valence-corrected chi connectivity index (χ4v) is 5.52. The molecule has 6 rings (SSSR count). The predicted octanol–water partition coefficient (Wildman–Crippen LogP) is 4.22. The predicted molar refractivity (Wildman–Crippen MR) is 122 cm³/mol. The van der Waals surface area contributed by atoms with Gasteiger partial charge < -0.3 is 4.90 Å². The van der Waals surface area contributed by atoms with Gasteiger partial charge in [0.1, 0.15) is 22.9 Å². The Kier molecular flexibility index (Phi) is 4.18. The van der Waals surface area contributed by atoms with Crippen molar-refractivity contribution in [2.75, 3.05) is 4.90 Å². The van der Waals surface area contributed by atoms with Crippen molar-refractivity contribution in [2.45, 2.75) is 58.0 Å². The van der Waals surface area contributed by atoms with E-state index in [2.05, 4.69) is 50.6 Å². The van der Waals surface area contributed by atoms with Crippen LogP contribution in [0.3, 0.4) is 0 Å². The number of benzene rings is 1. The summed E-state index contributed by atoms with van der Waals surface area (Å²) in [5, 5.41) is 9.08. The average molecular weight is 427 g/mol. The van der Waals surface area contributed by atoms with Gasteiger partial charge in [0.05, 0.1) is 6.20 Å². The number of nitrogens with zero attached hydrogens (tertiary/aromatic N) is 8. The second kappa shape index (κ2) is 6.98. The number of hydrogen-bond donors (Lipinski definition) is 0. The van der Waals surface area contributed by atoms with Gasteiger partial charge in [0.25, 0.3) is 0 Å². The molecule has 2 aliphatic rings. The number of imidazole rings is 1. The minimum absolute atomic E-state index is 0.183. The second-order valence-electron chi connectivity index (χ2n) is 8.63. The molecule has 0 radical (unpaired) electrons. The minimum atomic E-state index is -0.183.